The first-order valence-corrected chi connectivity index (χ1v) is 7.33. The summed E-state index contributed by atoms with van der Waals surface area (Å²) in [5, 5.41) is 32.6. The van der Waals surface area contributed by atoms with Crippen molar-refractivity contribution in [3.8, 4) is 17.2 Å². The van der Waals surface area contributed by atoms with Gasteiger partial charge in [0.25, 0.3) is 0 Å². The van der Waals surface area contributed by atoms with Gasteiger partial charge in [0, 0.05) is 23.4 Å². The molecule has 0 saturated carbocycles. The van der Waals surface area contributed by atoms with Crippen LogP contribution in [0.4, 0.5) is 5.69 Å². The second-order valence-corrected chi connectivity index (χ2v) is 5.40. The molecule has 1 atom stereocenters. The predicted molar refractivity (Wildman–Crippen MR) is 83.2 cm³/mol. The van der Waals surface area contributed by atoms with Crippen LogP contribution in [0.15, 0.2) is 36.4 Å². The minimum atomic E-state index is -0.520. The summed E-state index contributed by atoms with van der Waals surface area (Å²) in [6, 6.07) is 10.4. The van der Waals surface area contributed by atoms with Gasteiger partial charge in [-0.3, -0.25) is 0 Å². The standard InChI is InChI=1S/C17H19NO4/c19-14-5-2-8-22-16-7-6-12(9-13(14)16)18-10-11-3-1-4-15(20)17(11)21/h1,3-4,6-7,9,14,18-21H,2,5,8,10H2. The number of hydrogen-bond donors (Lipinski definition) is 4. The third-order valence-corrected chi connectivity index (χ3v) is 3.83. The van der Waals surface area contributed by atoms with Gasteiger partial charge in [-0.05, 0) is 37.1 Å². The summed E-state index contributed by atoms with van der Waals surface area (Å²) in [4.78, 5) is 0. The van der Waals surface area contributed by atoms with E-state index in [1.165, 1.54) is 6.07 Å². The highest BCUT2D eigenvalue weighted by molar-refractivity contribution is 5.53. The van der Waals surface area contributed by atoms with Gasteiger partial charge in [0.2, 0.25) is 0 Å². The van der Waals surface area contributed by atoms with Gasteiger partial charge >= 0.3 is 0 Å². The zero-order chi connectivity index (χ0) is 15.5. The van der Waals surface area contributed by atoms with Crippen molar-refractivity contribution < 1.29 is 20.1 Å². The van der Waals surface area contributed by atoms with E-state index in [4.69, 9.17) is 4.74 Å². The van der Waals surface area contributed by atoms with Gasteiger partial charge in [-0.2, -0.15) is 0 Å². The Bertz CT molecular complexity index is 672. The lowest BCUT2D eigenvalue weighted by Gasteiger charge is -2.14. The molecule has 0 amide bonds. The van der Waals surface area contributed by atoms with Gasteiger partial charge in [0.1, 0.15) is 5.75 Å². The third kappa shape index (κ3) is 2.94. The molecule has 0 spiro atoms. The van der Waals surface area contributed by atoms with E-state index in [0.717, 1.165) is 23.4 Å². The van der Waals surface area contributed by atoms with Crippen LogP contribution in [0.3, 0.4) is 0 Å². The van der Waals surface area contributed by atoms with E-state index < -0.39 is 6.10 Å². The Morgan fingerprint density at radius 2 is 2.05 bits per heavy atom. The molecular formula is C17H19NO4. The molecule has 2 aromatic rings. The molecule has 5 nitrogen and oxygen atoms in total. The van der Waals surface area contributed by atoms with E-state index in [1.54, 1.807) is 12.1 Å². The van der Waals surface area contributed by atoms with Crippen LogP contribution in [-0.4, -0.2) is 21.9 Å². The Labute approximate surface area is 128 Å². The van der Waals surface area contributed by atoms with Crippen molar-refractivity contribution in [3.05, 3.63) is 47.5 Å². The van der Waals surface area contributed by atoms with Crippen LogP contribution in [0, 0.1) is 0 Å². The Kier molecular flexibility index (Phi) is 4.06. The highest BCUT2D eigenvalue weighted by Gasteiger charge is 2.18. The molecule has 0 aliphatic carbocycles. The molecule has 3 rings (SSSR count). The molecule has 1 unspecified atom stereocenters. The van der Waals surface area contributed by atoms with Gasteiger partial charge in [0.15, 0.2) is 11.5 Å². The second-order valence-electron chi connectivity index (χ2n) is 5.40. The van der Waals surface area contributed by atoms with E-state index in [-0.39, 0.29) is 11.5 Å². The normalized spacial score (nSPS) is 17.2. The van der Waals surface area contributed by atoms with Gasteiger partial charge < -0.3 is 25.4 Å². The maximum atomic E-state index is 10.2. The minimum Gasteiger partial charge on any atom is -0.504 e. The van der Waals surface area contributed by atoms with E-state index >= 15 is 0 Å². The highest BCUT2D eigenvalue weighted by Crippen LogP contribution is 2.34. The molecule has 5 heteroatoms. The van der Waals surface area contributed by atoms with Crippen LogP contribution in [0.1, 0.15) is 30.1 Å². The van der Waals surface area contributed by atoms with Crippen LogP contribution in [0.25, 0.3) is 0 Å². The number of phenols is 2. The predicted octanol–water partition coefficient (Wildman–Crippen LogP) is 2.92. The zero-order valence-corrected chi connectivity index (χ0v) is 12.1. The number of hydrogen-bond acceptors (Lipinski definition) is 5. The quantitative estimate of drug-likeness (QED) is 0.655. The molecule has 22 heavy (non-hydrogen) atoms. The summed E-state index contributed by atoms with van der Waals surface area (Å²) in [5.74, 6) is 0.467. The van der Waals surface area contributed by atoms with Crippen molar-refractivity contribution in [2.45, 2.75) is 25.5 Å². The van der Waals surface area contributed by atoms with Crippen LogP contribution < -0.4 is 10.1 Å². The summed E-state index contributed by atoms with van der Waals surface area (Å²) < 4.78 is 5.61. The first-order valence-electron chi connectivity index (χ1n) is 7.33. The number of ether oxygens (including phenoxy) is 1. The monoisotopic (exact) mass is 301 g/mol. The molecular weight excluding hydrogens is 282 g/mol. The molecule has 0 saturated heterocycles. The number of para-hydroxylation sites is 1. The van der Waals surface area contributed by atoms with E-state index in [1.807, 2.05) is 18.2 Å². The topological polar surface area (TPSA) is 82.0 Å². The maximum Gasteiger partial charge on any atom is 0.162 e. The van der Waals surface area contributed by atoms with Crippen LogP contribution in [-0.2, 0) is 6.54 Å². The van der Waals surface area contributed by atoms with Crippen molar-refractivity contribution in [1.82, 2.24) is 0 Å². The summed E-state index contributed by atoms with van der Waals surface area (Å²) in [6.45, 7) is 0.990. The number of nitrogens with one attached hydrogen (secondary N) is 1. The van der Waals surface area contributed by atoms with E-state index in [0.29, 0.717) is 25.1 Å². The summed E-state index contributed by atoms with van der Waals surface area (Å²) >= 11 is 0. The van der Waals surface area contributed by atoms with Crippen LogP contribution >= 0.6 is 0 Å². The molecule has 1 heterocycles. The molecule has 1 aliphatic heterocycles. The number of aliphatic hydroxyl groups is 1. The summed E-state index contributed by atoms with van der Waals surface area (Å²) in [5.41, 5.74) is 2.21. The SMILES string of the molecule is Oc1cccc(CNc2ccc3c(c2)C(O)CCCO3)c1O. The summed E-state index contributed by atoms with van der Waals surface area (Å²) in [7, 11) is 0. The average Bonchev–Trinajstić information content (AvgIpc) is 2.71. The average molecular weight is 301 g/mol. The first kappa shape index (κ1) is 14.5. The molecule has 116 valence electrons. The number of rotatable bonds is 3. The number of fused-ring (bicyclic) bond motifs is 1. The highest BCUT2D eigenvalue weighted by atomic mass is 16.5. The van der Waals surface area contributed by atoms with Gasteiger partial charge in [-0.1, -0.05) is 12.1 Å². The molecule has 1 aliphatic rings. The lowest BCUT2D eigenvalue weighted by atomic mass is 10.0. The van der Waals surface area contributed by atoms with Crippen molar-refractivity contribution >= 4 is 5.69 Å². The van der Waals surface area contributed by atoms with Crippen LogP contribution in [0.2, 0.25) is 0 Å². The molecule has 4 N–H and O–H groups in total. The van der Waals surface area contributed by atoms with E-state index in [9.17, 15) is 15.3 Å². The fraction of sp³-hybridized carbons (Fsp3) is 0.294. The molecule has 2 aromatic carbocycles. The largest absolute Gasteiger partial charge is 0.504 e. The lowest BCUT2D eigenvalue weighted by molar-refractivity contribution is 0.167. The number of phenolic OH excluding ortho intramolecular Hbond substituents is 2. The van der Waals surface area contributed by atoms with Crippen LogP contribution in [0.5, 0.6) is 17.2 Å². The van der Waals surface area contributed by atoms with Gasteiger partial charge in [-0.15, -0.1) is 0 Å². The number of aromatic hydroxyl groups is 2. The number of anilines is 1. The fourth-order valence-electron chi connectivity index (χ4n) is 2.58. The lowest BCUT2D eigenvalue weighted by Crippen LogP contribution is -2.02. The first-order chi connectivity index (χ1) is 10.6. The van der Waals surface area contributed by atoms with Crippen molar-refractivity contribution in [3.63, 3.8) is 0 Å². The smallest absolute Gasteiger partial charge is 0.162 e. The Hall–Kier alpha value is -2.40. The van der Waals surface area contributed by atoms with Crippen molar-refractivity contribution in [2.24, 2.45) is 0 Å². The van der Waals surface area contributed by atoms with Gasteiger partial charge in [-0.25, -0.2) is 0 Å². The second kappa shape index (κ2) is 6.15. The molecule has 0 radical (unpaired) electrons. The zero-order valence-electron chi connectivity index (χ0n) is 12.1. The van der Waals surface area contributed by atoms with Crippen molar-refractivity contribution in [2.75, 3.05) is 11.9 Å². The molecule has 0 aromatic heterocycles. The number of aliphatic hydroxyl groups excluding tert-OH is 1. The maximum absolute atomic E-state index is 10.2. The minimum absolute atomic E-state index is 0.117. The molecule has 0 fully saturated rings. The number of benzene rings is 2. The fourth-order valence-corrected chi connectivity index (χ4v) is 2.58. The van der Waals surface area contributed by atoms with E-state index in [2.05, 4.69) is 5.32 Å². The molecule has 0 bridgehead atoms. The summed E-state index contributed by atoms with van der Waals surface area (Å²) in [6.07, 6.45) is 0.993. The Morgan fingerprint density at radius 1 is 1.18 bits per heavy atom. The Balaban J connectivity index is 1.77. The van der Waals surface area contributed by atoms with Gasteiger partial charge in [0.05, 0.1) is 12.7 Å². The van der Waals surface area contributed by atoms with Crippen molar-refractivity contribution in [1.29, 1.82) is 0 Å². The Morgan fingerprint density at radius 3 is 2.91 bits per heavy atom. The third-order valence-electron chi connectivity index (χ3n) is 3.83.